The number of hydrogen-bond acceptors (Lipinski definition) is 7. The van der Waals surface area contributed by atoms with Crippen LogP contribution in [-0.4, -0.2) is 72.9 Å². The lowest BCUT2D eigenvalue weighted by Crippen LogP contribution is -2.37. The zero-order chi connectivity index (χ0) is 29.5. The highest BCUT2D eigenvalue weighted by Crippen LogP contribution is 2.27. The van der Waals surface area contributed by atoms with Crippen LogP contribution in [0.25, 0.3) is 10.8 Å². The molecule has 2 aliphatic heterocycles. The summed E-state index contributed by atoms with van der Waals surface area (Å²) in [6, 6.07) is 26.7. The first-order valence-corrected chi connectivity index (χ1v) is 16.5. The van der Waals surface area contributed by atoms with Crippen LogP contribution in [0.2, 0.25) is 0 Å². The molecule has 0 saturated carbocycles. The van der Waals surface area contributed by atoms with Crippen molar-refractivity contribution in [2.75, 3.05) is 45.5 Å². The summed E-state index contributed by atoms with van der Waals surface area (Å²) in [5, 5.41) is 21.9. The minimum Gasteiger partial charge on any atom is -0.353 e. The molecule has 2 fully saturated rings. The molecule has 0 atom stereocenters. The summed E-state index contributed by atoms with van der Waals surface area (Å²) in [4.78, 5) is 6.51. The van der Waals surface area contributed by atoms with Gasteiger partial charge in [-0.3, -0.25) is 4.90 Å². The molecule has 2 aliphatic rings. The number of hydrogen-bond donors (Lipinski definition) is 0. The molecular formula is C33H38N6O2S. The maximum Gasteiger partial charge on any atom is 0.211 e. The molecule has 3 aromatic carbocycles. The van der Waals surface area contributed by atoms with Gasteiger partial charge in [0, 0.05) is 45.8 Å². The number of sulfonamides is 1. The fourth-order valence-corrected chi connectivity index (χ4v) is 6.90. The van der Waals surface area contributed by atoms with Gasteiger partial charge in [0.25, 0.3) is 0 Å². The number of nitrogens with zero attached hydrogens (tertiary/aromatic N) is 6. The number of piperidine rings is 1. The molecule has 2 saturated heterocycles. The molecule has 9 heteroatoms. The molecular weight excluding hydrogens is 544 g/mol. The maximum absolute atomic E-state index is 12.9. The summed E-state index contributed by atoms with van der Waals surface area (Å²) in [6.45, 7) is 5.82. The van der Waals surface area contributed by atoms with E-state index in [9.17, 15) is 18.9 Å². The summed E-state index contributed by atoms with van der Waals surface area (Å²) >= 11 is 0. The molecule has 3 aromatic rings. The minimum atomic E-state index is -3.49. The summed E-state index contributed by atoms with van der Waals surface area (Å²) in [6.07, 6.45) is 4.99. The quantitative estimate of drug-likeness (QED) is 0.321. The van der Waals surface area contributed by atoms with Crippen LogP contribution in [-0.2, 0) is 29.7 Å². The lowest BCUT2D eigenvalue weighted by Gasteiger charge is -2.28. The number of nitriles is 2. The van der Waals surface area contributed by atoms with Crippen molar-refractivity contribution in [2.45, 2.75) is 38.9 Å². The van der Waals surface area contributed by atoms with E-state index >= 15 is 0 Å². The molecule has 0 amide bonds. The number of rotatable bonds is 10. The smallest absolute Gasteiger partial charge is 0.211 e. The van der Waals surface area contributed by atoms with Crippen LogP contribution in [0.4, 0.5) is 0 Å². The van der Waals surface area contributed by atoms with Crippen molar-refractivity contribution in [1.29, 1.82) is 10.5 Å². The van der Waals surface area contributed by atoms with Crippen molar-refractivity contribution in [2.24, 2.45) is 0 Å². The van der Waals surface area contributed by atoms with Crippen molar-refractivity contribution in [3.8, 4) is 12.1 Å². The van der Waals surface area contributed by atoms with E-state index < -0.39 is 10.0 Å². The number of allylic oxidation sites excluding steroid dienone is 1. The molecule has 0 aliphatic carbocycles. The van der Waals surface area contributed by atoms with Crippen LogP contribution >= 0.6 is 0 Å². The first-order valence-electron chi connectivity index (χ1n) is 14.6. The second-order valence-electron chi connectivity index (χ2n) is 11.2. The second-order valence-corrected chi connectivity index (χ2v) is 13.2. The lowest BCUT2D eigenvalue weighted by molar-refractivity contribution is 0.221. The summed E-state index contributed by atoms with van der Waals surface area (Å²) in [7, 11) is -3.49. The largest absolute Gasteiger partial charge is 0.353 e. The van der Waals surface area contributed by atoms with Gasteiger partial charge in [-0.15, -0.1) is 0 Å². The van der Waals surface area contributed by atoms with Crippen molar-refractivity contribution in [1.82, 2.24) is 19.0 Å². The number of likely N-dealkylation sites (tertiary alicyclic amines) is 1. The zero-order valence-electron chi connectivity index (χ0n) is 24.2. The predicted molar refractivity (Wildman–Crippen MR) is 165 cm³/mol. The van der Waals surface area contributed by atoms with Crippen LogP contribution in [0.1, 0.15) is 36.0 Å². The predicted octanol–water partition coefficient (Wildman–Crippen LogP) is 4.66. The molecule has 0 radical (unpaired) electrons. The average Bonchev–Trinajstić information content (AvgIpc) is 3.38. The van der Waals surface area contributed by atoms with Gasteiger partial charge in [-0.05, 0) is 53.4 Å². The zero-order valence-corrected chi connectivity index (χ0v) is 25.1. The van der Waals surface area contributed by atoms with E-state index in [1.165, 1.54) is 35.4 Å². The van der Waals surface area contributed by atoms with Crippen molar-refractivity contribution in [3.63, 3.8) is 0 Å². The van der Waals surface area contributed by atoms with E-state index in [0.717, 1.165) is 41.5 Å². The summed E-state index contributed by atoms with van der Waals surface area (Å²) in [5.74, 6) is 0.574. The Morgan fingerprint density at radius 1 is 0.833 bits per heavy atom. The Hall–Kier alpha value is -3.89. The Morgan fingerprint density at radius 3 is 2.29 bits per heavy atom. The molecule has 0 N–H and O–H groups in total. The van der Waals surface area contributed by atoms with Crippen LogP contribution in [0, 0.1) is 22.7 Å². The Labute approximate surface area is 249 Å². The van der Waals surface area contributed by atoms with Crippen molar-refractivity contribution >= 4 is 20.8 Å². The molecule has 0 spiro atoms. The van der Waals surface area contributed by atoms with Gasteiger partial charge in [-0.25, -0.2) is 8.42 Å². The van der Waals surface area contributed by atoms with E-state index in [2.05, 4.69) is 58.3 Å². The Bertz CT molecular complexity index is 1610. The summed E-state index contributed by atoms with van der Waals surface area (Å²) < 4.78 is 27.2. The first-order chi connectivity index (χ1) is 20.4. The van der Waals surface area contributed by atoms with Crippen molar-refractivity contribution < 1.29 is 8.42 Å². The van der Waals surface area contributed by atoms with Crippen LogP contribution < -0.4 is 0 Å². The van der Waals surface area contributed by atoms with E-state index in [0.29, 0.717) is 32.0 Å². The maximum atomic E-state index is 12.9. The van der Waals surface area contributed by atoms with E-state index in [-0.39, 0.29) is 18.7 Å². The molecule has 0 aromatic heterocycles. The van der Waals surface area contributed by atoms with Crippen LogP contribution in [0.15, 0.2) is 78.1 Å². The molecule has 0 bridgehead atoms. The average molecular weight is 583 g/mol. The third-order valence-corrected chi connectivity index (χ3v) is 9.47. The number of fused-ring (bicyclic) bond motifs is 1. The Balaban J connectivity index is 1.31. The molecule has 218 valence electrons. The monoisotopic (exact) mass is 582 g/mol. The SMILES string of the molecule is CS(=O)(=O)N(CCN1CCN(Cc2cccc3ccccc23)C1=C(C#N)C#N)Cc1cccc(CN2CCCCC2)c1. The minimum absolute atomic E-state index is 0.0454. The van der Waals surface area contributed by atoms with Gasteiger partial charge in [-0.2, -0.15) is 14.8 Å². The van der Waals surface area contributed by atoms with Gasteiger partial charge in [0.1, 0.15) is 18.0 Å². The molecule has 0 unspecified atom stereocenters. The fraction of sp³-hybridized carbons (Fsp3) is 0.394. The molecule has 42 heavy (non-hydrogen) atoms. The second kappa shape index (κ2) is 13.4. The molecule has 2 heterocycles. The van der Waals surface area contributed by atoms with Gasteiger partial charge in [-0.1, -0.05) is 73.2 Å². The third-order valence-electron chi connectivity index (χ3n) is 8.22. The first kappa shape index (κ1) is 29.6. The summed E-state index contributed by atoms with van der Waals surface area (Å²) in [5.41, 5.74) is 3.32. The normalized spacial score (nSPS) is 16.1. The van der Waals surface area contributed by atoms with E-state index in [4.69, 9.17) is 0 Å². The third kappa shape index (κ3) is 7.11. The standard InChI is InChI=1S/C33H38N6O2S/c1-42(40,41)39(25-28-10-7-9-27(21-28)24-36-15-5-2-6-16-36)20-19-37-17-18-38(33(37)31(22-34)23-35)26-30-13-8-12-29-11-3-4-14-32(29)30/h3-4,7-14,21H,2,5-6,15-20,24-26H2,1H3. The molecule has 8 nitrogen and oxygen atoms in total. The van der Waals surface area contributed by atoms with E-state index in [1.807, 2.05) is 35.2 Å². The Kier molecular flexibility index (Phi) is 9.44. The van der Waals surface area contributed by atoms with Gasteiger partial charge in [0.2, 0.25) is 10.0 Å². The fourth-order valence-electron chi connectivity index (χ4n) is 6.10. The Morgan fingerprint density at radius 2 is 1.52 bits per heavy atom. The van der Waals surface area contributed by atoms with Gasteiger partial charge < -0.3 is 9.80 Å². The van der Waals surface area contributed by atoms with Crippen molar-refractivity contribution in [3.05, 3.63) is 94.8 Å². The molecule has 5 rings (SSSR count). The van der Waals surface area contributed by atoms with E-state index in [1.54, 1.807) is 0 Å². The van der Waals surface area contributed by atoms with Gasteiger partial charge in [0.15, 0.2) is 5.57 Å². The van der Waals surface area contributed by atoms with Crippen LogP contribution in [0.5, 0.6) is 0 Å². The highest BCUT2D eigenvalue weighted by atomic mass is 32.2. The highest BCUT2D eigenvalue weighted by molar-refractivity contribution is 7.88. The van der Waals surface area contributed by atoms with Gasteiger partial charge >= 0.3 is 0 Å². The van der Waals surface area contributed by atoms with Crippen LogP contribution in [0.3, 0.4) is 0 Å². The van der Waals surface area contributed by atoms with Gasteiger partial charge in [0.05, 0.1) is 6.26 Å². The number of benzene rings is 3. The lowest BCUT2D eigenvalue weighted by atomic mass is 10.0. The topological polar surface area (TPSA) is 94.7 Å². The highest BCUT2D eigenvalue weighted by Gasteiger charge is 2.30.